The normalized spacial score (nSPS) is 19.2. The Morgan fingerprint density at radius 2 is 1.62 bits per heavy atom. The third-order valence-electron chi connectivity index (χ3n) is 6.37. The van der Waals surface area contributed by atoms with Crippen molar-refractivity contribution in [2.45, 2.75) is 43.7 Å². The van der Waals surface area contributed by atoms with Crippen LogP contribution in [-0.2, 0) is 14.2 Å². The SMILES string of the molecule is CSc1ncnc2c1ccn2[C@H]1C[C@H](OC(=O)c2ccc(C)cc2)[C@@H](COC(=O)c2ccc(C)cc2)O1. The lowest BCUT2D eigenvalue weighted by molar-refractivity contribution is -0.0562. The fourth-order valence-corrected chi connectivity index (χ4v) is 4.85. The van der Waals surface area contributed by atoms with Crippen LogP contribution in [0.4, 0.5) is 0 Å². The molecule has 1 aliphatic heterocycles. The number of carbonyl (C=O) groups excluding carboxylic acids is 2. The number of benzene rings is 2. The van der Waals surface area contributed by atoms with Gasteiger partial charge in [-0.25, -0.2) is 19.6 Å². The molecule has 1 fully saturated rings. The van der Waals surface area contributed by atoms with Crippen molar-refractivity contribution in [1.29, 1.82) is 0 Å². The molecule has 8 nitrogen and oxygen atoms in total. The molecule has 5 rings (SSSR count). The van der Waals surface area contributed by atoms with Crippen LogP contribution in [0.2, 0.25) is 0 Å². The van der Waals surface area contributed by atoms with Gasteiger partial charge in [0.25, 0.3) is 0 Å². The van der Waals surface area contributed by atoms with Crippen LogP contribution in [0.15, 0.2) is 72.1 Å². The number of esters is 2. The van der Waals surface area contributed by atoms with Crippen LogP contribution in [0.1, 0.15) is 44.5 Å². The molecule has 4 aromatic rings. The van der Waals surface area contributed by atoms with E-state index < -0.39 is 30.4 Å². The monoisotopic (exact) mass is 517 g/mol. The first kappa shape index (κ1) is 25.0. The van der Waals surface area contributed by atoms with E-state index >= 15 is 0 Å². The molecule has 0 unspecified atom stereocenters. The number of rotatable bonds is 7. The molecule has 0 N–H and O–H groups in total. The van der Waals surface area contributed by atoms with E-state index in [1.54, 1.807) is 36.0 Å². The number of hydrogen-bond donors (Lipinski definition) is 0. The van der Waals surface area contributed by atoms with Crippen molar-refractivity contribution in [3.05, 3.63) is 89.4 Å². The summed E-state index contributed by atoms with van der Waals surface area (Å²) in [5.41, 5.74) is 3.73. The molecule has 9 heteroatoms. The topological polar surface area (TPSA) is 92.5 Å². The zero-order valence-corrected chi connectivity index (χ0v) is 21.6. The van der Waals surface area contributed by atoms with Crippen LogP contribution in [0.5, 0.6) is 0 Å². The van der Waals surface area contributed by atoms with Gasteiger partial charge in [-0.05, 0) is 50.4 Å². The van der Waals surface area contributed by atoms with E-state index in [2.05, 4.69) is 9.97 Å². The Morgan fingerprint density at radius 1 is 0.973 bits per heavy atom. The van der Waals surface area contributed by atoms with E-state index in [1.165, 1.54) is 6.33 Å². The van der Waals surface area contributed by atoms with Crippen molar-refractivity contribution in [3.8, 4) is 0 Å². The van der Waals surface area contributed by atoms with Gasteiger partial charge in [-0.1, -0.05) is 35.4 Å². The quantitative estimate of drug-likeness (QED) is 0.189. The van der Waals surface area contributed by atoms with Gasteiger partial charge < -0.3 is 18.8 Å². The van der Waals surface area contributed by atoms with Crippen molar-refractivity contribution >= 4 is 34.7 Å². The highest BCUT2D eigenvalue weighted by atomic mass is 32.2. The molecule has 1 aliphatic rings. The number of fused-ring (bicyclic) bond motifs is 1. The molecule has 37 heavy (non-hydrogen) atoms. The Balaban J connectivity index is 1.36. The first-order valence-corrected chi connectivity index (χ1v) is 13.2. The number of hydrogen-bond acceptors (Lipinski definition) is 8. The summed E-state index contributed by atoms with van der Waals surface area (Å²) >= 11 is 1.54. The number of aromatic nitrogens is 3. The minimum atomic E-state index is -0.645. The zero-order valence-electron chi connectivity index (χ0n) is 20.8. The first-order valence-electron chi connectivity index (χ1n) is 12.0. The Hall–Kier alpha value is -3.69. The Kier molecular flexibility index (Phi) is 7.25. The fraction of sp³-hybridized carbons (Fsp3) is 0.286. The molecule has 2 aromatic heterocycles. The van der Waals surface area contributed by atoms with Crippen molar-refractivity contribution in [1.82, 2.24) is 14.5 Å². The highest BCUT2D eigenvalue weighted by Crippen LogP contribution is 2.35. The van der Waals surface area contributed by atoms with E-state index in [0.717, 1.165) is 27.2 Å². The standard InChI is InChI=1S/C28H27N3O5S/c1-17-4-8-19(9-5-17)27(32)34-15-23-22(36-28(33)20-10-6-18(2)7-11-20)14-24(35-23)31-13-12-21-25(31)29-16-30-26(21)37-3/h4-13,16,22-24H,14-15H2,1-3H3/t22-,23+,24+/m0/s1. The fourth-order valence-electron chi connectivity index (χ4n) is 4.31. The lowest BCUT2D eigenvalue weighted by atomic mass is 10.1. The summed E-state index contributed by atoms with van der Waals surface area (Å²) < 4.78 is 19.7. The summed E-state index contributed by atoms with van der Waals surface area (Å²) in [5.74, 6) is -0.909. The lowest BCUT2D eigenvalue weighted by Gasteiger charge is -2.19. The number of aryl methyl sites for hydroxylation is 2. The first-order chi connectivity index (χ1) is 17.9. The molecule has 0 bridgehead atoms. The second kappa shape index (κ2) is 10.7. The van der Waals surface area contributed by atoms with Crippen molar-refractivity contribution < 1.29 is 23.8 Å². The van der Waals surface area contributed by atoms with Gasteiger partial charge in [-0.2, -0.15) is 0 Å². The highest BCUT2D eigenvalue weighted by Gasteiger charge is 2.40. The minimum absolute atomic E-state index is 0.0562. The number of nitrogens with zero attached hydrogens (tertiary/aromatic N) is 3. The predicted octanol–water partition coefficient (Wildman–Crippen LogP) is 5.14. The smallest absolute Gasteiger partial charge is 0.338 e. The maximum Gasteiger partial charge on any atom is 0.338 e. The van der Waals surface area contributed by atoms with Crippen molar-refractivity contribution in [2.24, 2.45) is 0 Å². The van der Waals surface area contributed by atoms with Gasteiger partial charge in [0.2, 0.25) is 0 Å². The lowest BCUT2D eigenvalue weighted by Crippen LogP contribution is -2.32. The number of thioether (sulfide) groups is 1. The summed E-state index contributed by atoms with van der Waals surface area (Å²) in [5, 5.41) is 1.79. The molecule has 3 heterocycles. The van der Waals surface area contributed by atoms with E-state index in [-0.39, 0.29) is 6.61 Å². The molecular weight excluding hydrogens is 490 g/mol. The predicted molar refractivity (Wildman–Crippen MR) is 140 cm³/mol. The summed E-state index contributed by atoms with van der Waals surface area (Å²) in [6.45, 7) is 3.85. The van der Waals surface area contributed by atoms with Crippen molar-refractivity contribution in [2.75, 3.05) is 12.9 Å². The van der Waals surface area contributed by atoms with Crippen LogP contribution in [0.25, 0.3) is 11.0 Å². The molecule has 1 saturated heterocycles. The van der Waals surface area contributed by atoms with Gasteiger partial charge in [0.05, 0.1) is 16.5 Å². The molecule has 0 amide bonds. The summed E-state index contributed by atoms with van der Waals surface area (Å²) in [4.78, 5) is 34.3. The second-order valence-electron chi connectivity index (χ2n) is 8.98. The van der Waals surface area contributed by atoms with E-state index in [1.807, 2.05) is 61.2 Å². The average Bonchev–Trinajstić information content (AvgIpc) is 3.52. The second-order valence-corrected chi connectivity index (χ2v) is 9.78. The molecule has 0 aliphatic carbocycles. The van der Waals surface area contributed by atoms with E-state index in [4.69, 9.17) is 14.2 Å². The van der Waals surface area contributed by atoms with Gasteiger partial charge in [0.15, 0.2) is 0 Å². The molecule has 0 spiro atoms. The van der Waals surface area contributed by atoms with E-state index in [0.29, 0.717) is 17.5 Å². The minimum Gasteiger partial charge on any atom is -0.459 e. The summed E-state index contributed by atoms with van der Waals surface area (Å²) in [7, 11) is 0. The third-order valence-corrected chi connectivity index (χ3v) is 7.08. The Bertz CT molecular complexity index is 1420. The molecule has 0 saturated carbocycles. The molecule has 2 aromatic carbocycles. The molecule has 3 atom stereocenters. The van der Waals surface area contributed by atoms with Gasteiger partial charge in [-0.15, -0.1) is 11.8 Å². The van der Waals surface area contributed by atoms with Crippen LogP contribution < -0.4 is 0 Å². The number of ether oxygens (including phenoxy) is 3. The van der Waals surface area contributed by atoms with Crippen LogP contribution in [-0.4, -0.2) is 51.5 Å². The maximum absolute atomic E-state index is 12.9. The van der Waals surface area contributed by atoms with Crippen LogP contribution in [0, 0.1) is 13.8 Å². The third kappa shape index (κ3) is 5.38. The van der Waals surface area contributed by atoms with Crippen LogP contribution in [0.3, 0.4) is 0 Å². The highest BCUT2D eigenvalue weighted by molar-refractivity contribution is 7.98. The van der Waals surface area contributed by atoms with Crippen molar-refractivity contribution in [3.63, 3.8) is 0 Å². The van der Waals surface area contributed by atoms with Crippen LogP contribution >= 0.6 is 11.8 Å². The largest absolute Gasteiger partial charge is 0.459 e. The van der Waals surface area contributed by atoms with Gasteiger partial charge >= 0.3 is 11.9 Å². The Morgan fingerprint density at radius 3 is 2.27 bits per heavy atom. The average molecular weight is 518 g/mol. The van der Waals surface area contributed by atoms with E-state index in [9.17, 15) is 9.59 Å². The molecular formula is C28H27N3O5S. The summed E-state index contributed by atoms with van der Waals surface area (Å²) in [6, 6.07) is 16.3. The molecule has 190 valence electrons. The maximum atomic E-state index is 12.9. The number of carbonyl (C=O) groups is 2. The Labute approximate surface area is 219 Å². The zero-order chi connectivity index (χ0) is 25.9. The molecule has 0 radical (unpaired) electrons. The van der Waals surface area contributed by atoms with Gasteiger partial charge in [0, 0.05) is 12.6 Å². The van der Waals surface area contributed by atoms with Gasteiger partial charge in [-0.3, -0.25) is 0 Å². The van der Waals surface area contributed by atoms with Gasteiger partial charge in [0.1, 0.15) is 42.0 Å². The summed E-state index contributed by atoms with van der Waals surface area (Å²) in [6.07, 6.45) is 4.04.